The standard InChI is InChI=1S/C18H18N2O/c1-19-12-15-11-18(16-9-5-6-10-17(16)20-15)21-13-14-7-3-2-4-8-14/h2-11,19H,12-13H2,1H3. The number of hydrogen-bond acceptors (Lipinski definition) is 3. The zero-order chi connectivity index (χ0) is 14.5. The lowest BCUT2D eigenvalue weighted by Gasteiger charge is -2.11. The highest BCUT2D eigenvalue weighted by atomic mass is 16.5. The Bertz CT molecular complexity index is 726. The second-order valence-electron chi connectivity index (χ2n) is 4.93. The summed E-state index contributed by atoms with van der Waals surface area (Å²) in [6.45, 7) is 1.29. The van der Waals surface area contributed by atoms with Crippen molar-refractivity contribution in [3.8, 4) is 5.75 Å². The van der Waals surface area contributed by atoms with E-state index in [4.69, 9.17) is 4.74 Å². The van der Waals surface area contributed by atoms with Crippen molar-refractivity contribution in [2.45, 2.75) is 13.2 Å². The summed E-state index contributed by atoms with van der Waals surface area (Å²) in [5.41, 5.74) is 3.11. The Morgan fingerprint density at radius 1 is 1.00 bits per heavy atom. The van der Waals surface area contributed by atoms with Crippen molar-refractivity contribution in [3.05, 3.63) is 71.9 Å². The summed E-state index contributed by atoms with van der Waals surface area (Å²) >= 11 is 0. The summed E-state index contributed by atoms with van der Waals surface area (Å²) in [7, 11) is 1.92. The predicted molar refractivity (Wildman–Crippen MR) is 85.3 cm³/mol. The summed E-state index contributed by atoms with van der Waals surface area (Å²) < 4.78 is 6.02. The highest BCUT2D eigenvalue weighted by molar-refractivity contribution is 5.85. The maximum Gasteiger partial charge on any atom is 0.131 e. The molecule has 2 aromatic carbocycles. The third kappa shape index (κ3) is 3.20. The van der Waals surface area contributed by atoms with Crippen LogP contribution in [0.2, 0.25) is 0 Å². The lowest BCUT2D eigenvalue weighted by Crippen LogP contribution is -2.07. The number of pyridine rings is 1. The van der Waals surface area contributed by atoms with E-state index in [0.29, 0.717) is 6.61 Å². The molecule has 1 N–H and O–H groups in total. The molecule has 106 valence electrons. The minimum Gasteiger partial charge on any atom is -0.488 e. The van der Waals surface area contributed by atoms with E-state index in [2.05, 4.69) is 22.4 Å². The van der Waals surface area contributed by atoms with Crippen LogP contribution in [0.3, 0.4) is 0 Å². The van der Waals surface area contributed by atoms with Gasteiger partial charge in [-0.25, -0.2) is 0 Å². The smallest absolute Gasteiger partial charge is 0.131 e. The number of nitrogens with one attached hydrogen (secondary N) is 1. The Labute approximate surface area is 124 Å². The van der Waals surface area contributed by atoms with Crippen molar-refractivity contribution >= 4 is 10.9 Å². The van der Waals surface area contributed by atoms with E-state index in [0.717, 1.165) is 34.5 Å². The number of para-hydroxylation sites is 1. The predicted octanol–water partition coefficient (Wildman–Crippen LogP) is 3.53. The third-order valence-electron chi connectivity index (χ3n) is 3.33. The molecule has 0 fully saturated rings. The van der Waals surface area contributed by atoms with Gasteiger partial charge in [-0.1, -0.05) is 42.5 Å². The molecular weight excluding hydrogens is 260 g/mol. The number of ether oxygens (including phenoxy) is 1. The molecule has 0 unspecified atom stereocenters. The van der Waals surface area contributed by atoms with Crippen LogP contribution in [0.25, 0.3) is 10.9 Å². The topological polar surface area (TPSA) is 34.1 Å². The first-order valence-electron chi connectivity index (χ1n) is 7.07. The molecule has 21 heavy (non-hydrogen) atoms. The van der Waals surface area contributed by atoms with Gasteiger partial charge in [-0.2, -0.15) is 0 Å². The highest BCUT2D eigenvalue weighted by Crippen LogP contribution is 2.26. The van der Waals surface area contributed by atoms with Gasteiger partial charge >= 0.3 is 0 Å². The van der Waals surface area contributed by atoms with Gasteiger partial charge in [-0.05, 0) is 24.7 Å². The first-order chi connectivity index (χ1) is 10.4. The van der Waals surface area contributed by atoms with E-state index in [-0.39, 0.29) is 0 Å². The molecule has 3 aromatic rings. The Hall–Kier alpha value is -2.39. The first-order valence-corrected chi connectivity index (χ1v) is 7.07. The molecule has 0 aliphatic heterocycles. The number of rotatable bonds is 5. The van der Waals surface area contributed by atoms with E-state index in [1.807, 2.05) is 55.6 Å². The highest BCUT2D eigenvalue weighted by Gasteiger charge is 2.06. The summed E-state index contributed by atoms with van der Waals surface area (Å²) in [5.74, 6) is 0.884. The minimum absolute atomic E-state index is 0.563. The van der Waals surface area contributed by atoms with Crippen molar-refractivity contribution in [2.24, 2.45) is 0 Å². The summed E-state index contributed by atoms with van der Waals surface area (Å²) in [6, 6.07) is 20.3. The average Bonchev–Trinajstić information content (AvgIpc) is 2.54. The molecule has 1 aromatic heterocycles. The van der Waals surface area contributed by atoms with Crippen molar-refractivity contribution in [1.29, 1.82) is 0 Å². The number of nitrogens with zero attached hydrogens (tertiary/aromatic N) is 1. The maximum atomic E-state index is 6.02. The van der Waals surface area contributed by atoms with Gasteiger partial charge in [-0.3, -0.25) is 4.98 Å². The zero-order valence-corrected chi connectivity index (χ0v) is 12.0. The summed E-state index contributed by atoms with van der Waals surface area (Å²) in [5, 5.41) is 4.18. The molecule has 3 nitrogen and oxygen atoms in total. The Kier molecular flexibility index (Phi) is 4.12. The van der Waals surface area contributed by atoms with Gasteiger partial charge in [0.05, 0.1) is 11.2 Å². The van der Waals surface area contributed by atoms with Gasteiger partial charge in [-0.15, -0.1) is 0 Å². The molecule has 0 atom stereocenters. The molecule has 0 spiro atoms. The summed E-state index contributed by atoms with van der Waals surface area (Å²) in [6.07, 6.45) is 0. The Morgan fingerprint density at radius 3 is 2.57 bits per heavy atom. The van der Waals surface area contributed by atoms with Gasteiger partial charge in [0.2, 0.25) is 0 Å². The Morgan fingerprint density at radius 2 is 1.76 bits per heavy atom. The molecule has 0 amide bonds. The van der Waals surface area contributed by atoms with E-state index >= 15 is 0 Å². The molecule has 0 aliphatic carbocycles. The number of fused-ring (bicyclic) bond motifs is 1. The molecule has 1 heterocycles. The van der Waals surface area contributed by atoms with Crippen LogP contribution in [0.1, 0.15) is 11.3 Å². The van der Waals surface area contributed by atoms with Gasteiger partial charge in [0.15, 0.2) is 0 Å². The van der Waals surface area contributed by atoms with Crippen LogP contribution < -0.4 is 10.1 Å². The van der Waals surface area contributed by atoms with Gasteiger partial charge in [0.25, 0.3) is 0 Å². The molecule has 0 bridgehead atoms. The molecule has 0 radical (unpaired) electrons. The fourth-order valence-corrected chi connectivity index (χ4v) is 2.32. The Balaban J connectivity index is 1.92. The third-order valence-corrected chi connectivity index (χ3v) is 3.33. The van der Waals surface area contributed by atoms with E-state index in [1.54, 1.807) is 0 Å². The minimum atomic E-state index is 0.563. The largest absolute Gasteiger partial charge is 0.488 e. The SMILES string of the molecule is CNCc1cc(OCc2ccccc2)c2ccccc2n1. The maximum absolute atomic E-state index is 6.02. The number of hydrogen-bond donors (Lipinski definition) is 1. The molecular formula is C18H18N2O. The molecule has 0 saturated heterocycles. The van der Waals surface area contributed by atoms with Crippen molar-refractivity contribution in [1.82, 2.24) is 10.3 Å². The second kappa shape index (κ2) is 6.37. The number of benzene rings is 2. The molecule has 0 aliphatic rings. The van der Waals surface area contributed by atoms with Crippen molar-refractivity contribution < 1.29 is 4.74 Å². The molecule has 0 saturated carbocycles. The van der Waals surface area contributed by atoms with Gasteiger partial charge in [0, 0.05) is 18.0 Å². The fraction of sp³-hybridized carbons (Fsp3) is 0.167. The fourth-order valence-electron chi connectivity index (χ4n) is 2.32. The second-order valence-corrected chi connectivity index (χ2v) is 4.93. The lowest BCUT2D eigenvalue weighted by atomic mass is 10.1. The van der Waals surface area contributed by atoms with Crippen molar-refractivity contribution in [2.75, 3.05) is 7.05 Å². The molecule has 3 heteroatoms. The summed E-state index contributed by atoms with van der Waals surface area (Å²) in [4.78, 5) is 4.64. The number of aromatic nitrogens is 1. The quantitative estimate of drug-likeness (QED) is 0.775. The van der Waals surface area contributed by atoms with Gasteiger partial charge in [0.1, 0.15) is 12.4 Å². The van der Waals surface area contributed by atoms with E-state index < -0.39 is 0 Å². The first kappa shape index (κ1) is 13.6. The van der Waals surface area contributed by atoms with Crippen LogP contribution in [0, 0.1) is 0 Å². The van der Waals surface area contributed by atoms with E-state index in [1.165, 1.54) is 0 Å². The van der Waals surface area contributed by atoms with Crippen LogP contribution in [-0.2, 0) is 13.2 Å². The monoisotopic (exact) mass is 278 g/mol. The average molecular weight is 278 g/mol. The normalized spacial score (nSPS) is 10.7. The van der Waals surface area contributed by atoms with Crippen LogP contribution in [0.5, 0.6) is 5.75 Å². The van der Waals surface area contributed by atoms with Crippen LogP contribution in [-0.4, -0.2) is 12.0 Å². The van der Waals surface area contributed by atoms with Gasteiger partial charge < -0.3 is 10.1 Å². The zero-order valence-electron chi connectivity index (χ0n) is 12.0. The van der Waals surface area contributed by atoms with Crippen molar-refractivity contribution in [3.63, 3.8) is 0 Å². The van der Waals surface area contributed by atoms with Crippen LogP contribution in [0.15, 0.2) is 60.7 Å². The lowest BCUT2D eigenvalue weighted by molar-refractivity contribution is 0.309. The van der Waals surface area contributed by atoms with Crippen LogP contribution in [0.4, 0.5) is 0 Å². The van der Waals surface area contributed by atoms with E-state index in [9.17, 15) is 0 Å². The molecule has 3 rings (SSSR count). The van der Waals surface area contributed by atoms with Crippen LogP contribution >= 0.6 is 0 Å².